The number of hydrogen-bond donors (Lipinski definition) is 1. The molecule has 0 unspecified atom stereocenters. The molecule has 172 valence electrons. The minimum atomic E-state index is -0.278. The van der Waals surface area contributed by atoms with Crippen molar-refractivity contribution in [1.29, 1.82) is 0 Å². The third kappa shape index (κ3) is 6.58. The SMILES string of the molecule is CC(=O)NCCc1ccc(O[C@H]2CCC[C@@H](Oc3ccccc3)C2)cc1-c1cccc(F)c1. The van der Waals surface area contributed by atoms with Crippen molar-refractivity contribution < 1.29 is 18.7 Å². The van der Waals surface area contributed by atoms with E-state index in [1.165, 1.54) is 19.1 Å². The van der Waals surface area contributed by atoms with Crippen molar-refractivity contribution in [1.82, 2.24) is 5.32 Å². The quantitative estimate of drug-likeness (QED) is 0.465. The van der Waals surface area contributed by atoms with E-state index in [-0.39, 0.29) is 23.9 Å². The standard InChI is InChI=1S/C28H30FNO3/c1-20(31)30-16-15-21-13-14-27(19-28(21)22-7-5-8-23(29)17-22)33-26-12-6-11-25(18-26)32-24-9-3-2-4-10-24/h2-5,7-10,13-14,17,19,25-26H,6,11-12,15-16,18H2,1H3,(H,30,31)/t25-,26+/m1/s1. The predicted octanol–water partition coefficient (Wildman–Crippen LogP) is 5.94. The molecule has 5 heteroatoms. The molecule has 4 nitrogen and oxygen atoms in total. The summed E-state index contributed by atoms with van der Waals surface area (Å²) in [7, 11) is 0. The van der Waals surface area contributed by atoms with Crippen molar-refractivity contribution in [2.24, 2.45) is 0 Å². The monoisotopic (exact) mass is 447 g/mol. The van der Waals surface area contributed by atoms with Gasteiger partial charge in [-0.15, -0.1) is 0 Å². The number of hydrogen-bond acceptors (Lipinski definition) is 3. The van der Waals surface area contributed by atoms with Gasteiger partial charge in [0.25, 0.3) is 0 Å². The average molecular weight is 448 g/mol. The molecule has 1 amide bonds. The van der Waals surface area contributed by atoms with Gasteiger partial charge in [0.05, 0.1) is 0 Å². The number of benzene rings is 3. The molecule has 0 aromatic heterocycles. The van der Waals surface area contributed by atoms with Crippen LogP contribution < -0.4 is 14.8 Å². The van der Waals surface area contributed by atoms with E-state index in [0.717, 1.165) is 53.9 Å². The molecule has 0 saturated heterocycles. The second-order valence-corrected chi connectivity index (χ2v) is 8.52. The topological polar surface area (TPSA) is 47.6 Å². The van der Waals surface area contributed by atoms with Crippen LogP contribution in [0.4, 0.5) is 4.39 Å². The summed E-state index contributed by atoms with van der Waals surface area (Å²) in [5.74, 6) is 1.31. The fourth-order valence-electron chi connectivity index (χ4n) is 4.34. The summed E-state index contributed by atoms with van der Waals surface area (Å²) in [4.78, 5) is 11.3. The highest BCUT2D eigenvalue weighted by molar-refractivity contribution is 5.73. The van der Waals surface area contributed by atoms with Crippen LogP contribution in [0.3, 0.4) is 0 Å². The summed E-state index contributed by atoms with van der Waals surface area (Å²) >= 11 is 0. The number of para-hydroxylation sites is 1. The molecule has 3 aromatic rings. The molecule has 1 saturated carbocycles. The molecular weight excluding hydrogens is 417 g/mol. The maximum Gasteiger partial charge on any atom is 0.216 e. The minimum Gasteiger partial charge on any atom is -0.490 e. The van der Waals surface area contributed by atoms with E-state index in [0.29, 0.717) is 13.0 Å². The number of nitrogens with one attached hydrogen (secondary N) is 1. The Morgan fingerprint density at radius 2 is 1.70 bits per heavy atom. The molecule has 3 aromatic carbocycles. The van der Waals surface area contributed by atoms with E-state index in [1.54, 1.807) is 6.07 Å². The first-order chi connectivity index (χ1) is 16.1. The summed E-state index contributed by atoms with van der Waals surface area (Å²) in [6, 6.07) is 22.4. The van der Waals surface area contributed by atoms with Crippen molar-refractivity contribution >= 4 is 5.91 Å². The van der Waals surface area contributed by atoms with Crippen molar-refractivity contribution in [3.05, 3.63) is 84.2 Å². The maximum absolute atomic E-state index is 13.9. The molecule has 1 fully saturated rings. The Morgan fingerprint density at radius 3 is 2.42 bits per heavy atom. The lowest BCUT2D eigenvalue weighted by atomic mass is 9.94. The molecule has 0 bridgehead atoms. The smallest absolute Gasteiger partial charge is 0.216 e. The van der Waals surface area contributed by atoms with E-state index in [1.807, 2.05) is 54.6 Å². The van der Waals surface area contributed by atoms with Crippen LogP contribution in [0.25, 0.3) is 11.1 Å². The zero-order valence-corrected chi connectivity index (χ0v) is 18.9. The van der Waals surface area contributed by atoms with Gasteiger partial charge in [-0.25, -0.2) is 4.39 Å². The first-order valence-corrected chi connectivity index (χ1v) is 11.6. The molecule has 1 aliphatic carbocycles. The van der Waals surface area contributed by atoms with Gasteiger partial charge in [0, 0.05) is 19.9 Å². The van der Waals surface area contributed by atoms with Crippen molar-refractivity contribution in [2.45, 2.75) is 51.2 Å². The van der Waals surface area contributed by atoms with E-state index < -0.39 is 0 Å². The van der Waals surface area contributed by atoms with Crippen LogP contribution in [0, 0.1) is 5.82 Å². The van der Waals surface area contributed by atoms with Crippen LogP contribution in [-0.4, -0.2) is 24.7 Å². The summed E-state index contributed by atoms with van der Waals surface area (Å²) < 4.78 is 26.5. The lowest BCUT2D eigenvalue weighted by Crippen LogP contribution is -2.32. The van der Waals surface area contributed by atoms with E-state index >= 15 is 0 Å². The number of ether oxygens (including phenoxy) is 2. The Bertz CT molecular complexity index is 1070. The Hall–Kier alpha value is -3.34. The molecule has 0 radical (unpaired) electrons. The molecule has 33 heavy (non-hydrogen) atoms. The van der Waals surface area contributed by atoms with E-state index in [2.05, 4.69) is 5.32 Å². The van der Waals surface area contributed by atoms with Crippen LogP contribution in [0.1, 0.15) is 38.2 Å². The Balaban J connectivity index is 1.49. The van der Waals surface area contributed by atoms with Gasteiger partial charge in [-0.2, -0.15) is 0 Å². The fraction of sp³-hybridized carbons (Fsp3) is 0.321. The number of rotatable bonds is 8. The Labute approximate surface area is 194 Å². The normalized spacial score (nSPS) is 17.9. The highest BCUT2D eigenvalue weighted by Gasteiger charge is 2.25. The molecule has 1 aliphatic rings. The molecule has 4 rings (SSSR count). The molecule has 1 N–H and O–H groups in total. The first kappa shape index (κ1) is 22.8. The van der Waals surface area contributed by atoms with Crippen molar-refractivity contribution in [3.8, 4) is 22.6 Å². The van der Waals surface area contributed by atoms with Crippen LogP contribution in [0.2, 0.25) is 0 Å². The van der Waals surface area contributed by atoms with Crippen LogP contribution in [0.15, 0.2) is 72.8 Å². The lowest BCUT2D eigenvalue weighted by Gasteiger charge is -2.30. The van der Waals surface area contributed by atoms with Crippen LogP contribution in [-0.2, 0) is 11.2 Å². The highest BCUT2D eigenvalue weighted by atomic mass is 19.1. The highest BCUT2D eigenvalue weighted by Crippen LogP contribution is 2.32. The largest absolute Gasteiger partial charge is 0.490 e. The summed E-state index contributed by atoms with van der Waals surface area (Å²) in [6.45, 7) is 2.03. The minimum absolute atomic E-state index is 0.0631. The zero-order valence-electron chi connectivity index (χ0n) is 18.9. The summed E-state index contributed by atoms with van der Waals surface area (Å²) in [5, 5.41) is 2.83. The van der Waals surface area contributed by atoms with Crippen molar-refractivity contribution in [3.63, 3.8) is 0 Å². The maximum atomic E-state index is 13.9. The van der Waals surface area contributed by atoms with Gasteiger partial charge in [0.2, 0.25) is 5.91 Å². The molecule has 2 atom stereocenters. The van der Waals surface area contributed by atoms with Gasteiger partial charge in [-0.05, 0) is 78.8 Å². The predicted molar refractivity (Wildman–Crippen MR) is 128 cm³/mol. The summed E-state index contributed by atoms with van der Waals surface area (Å²) in [5.41, 5.74) is 2.76. The van der Waals surface area contributed by atoms with Gasteiger partial charge in [0.1, 0.15) is 29.5 Å². The second-order valence-electron chi connectivity index (χ2n) is 8.52. The molecule has 0 aliphatic heterocycles. The number of carbonyl (C=O) groups is 1. The number of amides is 1. The van der Waals surface area contributed by atoms with Gasteiger partial charge in [-0.3, -0.25) is 4.79 Å². The van der Waals surface area contributed by atoms with E-state index in [9.17, 15) is 9.18 Å². The lowest BCUT2D eigenvalue weighted by molar-refractivity contribution is -0.118. The number of carbonyl (C=O) groups excluding carboxylic acids is 1. The third-order valence-corrected chi connectivity index (χ3v) is 5.91. The van der Waals surface area contributed by atoms with Crippen LogP contribution in [0.5, 0.6) is 11.5 Å². The van der Waals surface area contributed by atoms with Gasteiger partial charge < -0.3 is 14.8 Å². The first-order valence-electron chi connectivity index (χ1n) is 11.6. The van der Waals surface area contributed by atoms with Gasteiger partial charge in [0.15, 0.2) is 0 Å². The second kappa shape index (κ2) is 11.0. The fourth-order valence-corrected chi connectivity index (χ4v) is 4.34. The van der Waals surface area contributed by atoms with Crippen molar-refractivity contribution in [2.75, 3.05) is 6.54 Å². The summed E-state index contributed by atoms with van der Waals surface area (Å²) in [6.07, 6.45) is 4.73. The molecule has 0 heterocycles. The number of halogens is 1. The van der Waals surface area contributed by atoms with Gasteiger partial charge in [-0.1, -0.05) is 36.4 Å². The molecular formula is C28H30FNO3. The van der Waals surface area contributed by atoms with Crippen LogP contribution >= 0.6 is 0 Å². The Morgan fingerprint density at radius 1 is 0.939 bits per heavy atom. The Kier molecular flexibility index (Phi) is 7.61. The zero-order chi connectivity index (χ0) is 23.0. The van der Waals surface area contributed by atoms with Gasteiger partial charge >= 0.3 is 0 Å². The third-order valence-electron chi connectivity index (χ3n) is 5.91. The van der Waals surface area contributed by atoms with E-state index in [4.69, 9.17) is 9.47 Å². The molecule has 0 spiro atoms. The average Bonchev–Trinajstić information content (AvgIpc) is 2.80.